The molecular weight excluding hydrogens is 404 g/mol. The van der Waals surface area contributed by atoms with Crippen molar-refractivity contribution in [2.24, 2.45) is 11.8 Å². The van der Waals surface area contributed by atoms with Crippen LogP contribution in [0, 0.1) is 11.8 Å². The van der Waals surface area contributed by atoms with Gasteiger partial charge in [0.2, 0.25) is 0 Å². The van der Waals surface area contributed by atoms with Crippen molar-refractivity contribution in [2.75, 3.05) is 34.4 Å². The molecule has 3 unspecified atom stereocenters. The monoisotopic (exact) mass is 432 g/mol. The van der Waals surface area contributed by atoms with Crippen LogP contribution in [0.15, 0.2) is 24.0 Å². The zero-order chi connectivity index (χ0) is 21.4. The molecular formula is C23H29ClN2O4. The number of aromatic amines is 1. The number of methoxy groups -OCH3 is 3. The fourth-order valence-corrected chi connectivity index (χ4v) is 5.53. The molecule has 0 radical (unpaired) electrons. The number of hydrogen-bond donors (Lipinski definition) is 1. The lowest BCUT2D eigenvalue weighted by atomic mass is 9.74. The number of esters is 1. The van der Waals surface area contributed by atoms with Gasteiger partial charge in [0.05, 0.1) is 44.7 Å². The van der Waals surface area contributed by atoms with E-state index in [9.17, 15) is 4.79 Å². The first-order chi connectivity index (χ1) is 14.5. The summed E-state index contributed by atoms with van der Waals surface area (Å²) in [7, 11) is 4.68. The predicted molar refractivity (Wildman–Crippen MR) is 117 cm³/mol. The number of ether oxygens (including phenoxy) is 3. The second kappa shape index (κ2) is 8.52. The Morgan fingerprint density at radius 2 is 2.13 bits per heavy atom. The molecule has 2 aromatic rings. The third kappa shape index (κ3) is 3.46. The van der Waals surface area contributed by atoms with Crippen molar-refractivity contribution in [3.63, 3.8) is 0 Å². The van der Waals surface area contributed by atoms with Gasteiger partial charge in [0, 0.05) is 29.2 Å². The molecule has 1 aromatic carbocycles. The number of nitrogens with one attached hydrogen (secondary N) is 1. The molecule has 2 aliphatic heterocycles. The fraction of sp³-hybridized carbons (Fsp3) is 0.522. The highest BCUT2D eigenvalue weighted by molar-refractivity contribution is 6.31. The van der Waals surface area contributed by atoms with E-state index in [4.69, 9.17) is 25.8 Å². The predicted octanol–water partition coefficient (Wildman–Crippen LogP) is 4.48. The second-order valence-corrected chi connectivity index (χ2v) is 8.56. The van der Waals surface area contributed by atoms with Crippen LogP contribution in [0.25, 0.3) is 10.9 Å². The van der Waals surface area contributed by atoms with Crippen LogP contribution >= 0.6 is 11.6 Å². The van der Waals surface area contributed by atoms with Gasteiger partial charge in [-0.1, -0.05) is 24.9 Å². The molecule has 3 heterocycles. The van der Waals surface area contributed by atoms with Crippen LogP contribution in [0.3, 0.4) is 0 Å². The molecule has 0 bridgehead atoms. The number of halogens is 1. The number of rotatable bonds is 5. The first kappa shape index (κ1) is 21.1. The van der Waals surface area contributed by atoms with Crippen molar-refractivity contribution in [2.45, 2.75) is 32.2 Å². The number of piperidine rings is 1. The van der Waals surface area contributed by atoms with Crippen LogP contribution in [0.5, 0.6) is 5.75 Å². The van der Waals surface area contributed by atoms with Crippen LogP contribution in [0.4, 0.5) is 0 Å². The molecule has 1 N–H and O–H groups in total. The first-order valence-electron chi connectivity index (χ1n) is 10.5. The van der Waals surface area contributed by atoms with Crippen LogP contribution in [0.1, 0.15) is 37.1 Å². The lowest BCUT2D eigenvalue weighted by Crippen LogP contribution is -2.47. The Morgan fingerprint density at radius 1 is 1.33 bits per heavy atom. The molecule has 162 valence electrons. The van der Waals surface area contributed by atoms with Gasteiger partial charge in [-0.05, 0) is 42.4 Å². The van der Waals surface area contributed by atoms with Crippen LogP contribution in [-0.2, 0) is 20.7 Å². The molecule has 2 aliphatic rings. The standard InChI is InChI=1S/C23H29ClN2O4/c1-5-13-11-26-7-6-15-21-18(8-14(24)9-20(21)29-3)25-22(15)19(26)10-16(13)17(12-28-2)23(27)30-4/h8-9,12-13,16,19,25H,5-7,10-11H2,1-4H3/b17-12+. The summed E-state index contributed by atoms with van der Waals surface area (Å²) < 4.78 is 16.0. The van der Waals surface area contributed by atoms with Crippen molar-refractivity contribution < 1.29 is 19.0 Å². The summed E-state index contributed by atoms with van der Waals surface area (Å²) >= 11 is 6.31. The highest BCUT2D eigenvalue weighted by Gasteiger charge is 2.42. The summed E-state index contributed by atoms with van der Waals surface area (Å²) in [5, 5.41) is 1.77. The van der Waals surface area contributed by atoms with Gasteiger partial charge in [0.15, 0.2) is 0 Å². The van der Waals surface area contributed by atoms with E-state index in [0.717, 1.165) is 49.0 Å². The van der Waals surface area contributed by atoms with E-state index in [1.807, 2.05) is 12.1 Å². The lowest BCUT2D eigenvalue weighted by Gasteiger charge is -2.46. The summed E-state index contributed by atoms with van der Waals surface area (Å²) in [5.41, 5.74) is 4.12. The number of aromatic nitrogens is 1. The van der Waals surface area contributed by atoms with Gasteiger partial charge in [-0.25, -0.2) is 4.79 Å². The average molecular weight is 433 g/mol. The van der Waals surface area contributed by atoms with E-state index in [-0.39, 0.29) is 17.9 Å². The summed E-state index contributed by atoms with van der Waals surface area (Å²) in [6, 6.07) is 4.03. The van der Waals surface area contributed by atoms with E-state index in [1.54, 1.807) is 20.5 Å². The normalized spacial score (nSPS) is 24.3. The minimum Gasteiger partial charge on any atom is -0.504 e. The maximum absolute atomic E-state index is 12.5. The SMILES string of the molecule is CCC1CN2CCc3c([nH]c4cc(Cl)cc(OC)c34)C2CC1/C(=C\OC)C(=O)OC. The van der Waals surface area contributed by atoms with Gasteiger partial charge >= 0.3 is 5.97 Å². The minimum absolute atomic E-state index is 0.0755. The maximum atomic E-state index is 12.5. The Hall–Kier alpha value is -2.18. The van der Waals surface area contributed by atoms with Gasteiger partial charge in [-0.15, -0.1) is 0 Å². The summed E-state index contributed by atoms with van der Waals surface area (Å²) in [5.74, 6) is 0.940. The molecule has 3 atom stereocenters. The molecule has 30 heavy (non-hydrogen) atoms. The van der Waals surface area contributed by atoms with Gasteiger partial charge in [0.25, 0.3) is 0 Å². The number of benzene rings is 1. The minimum atomic E-state index is -0.310. The van der Waals surface area contributed by atoms with Crippen molar-refractivity contribution in [3.8, 4) is 5.75 Å². The molecule has 7 heteroatoms. The third-order valence-corrected chi connectivity index (χ3v) is 6.93. The Labute approximate surface area is 182 Å². The quantitative estimate of drug-likeness (QED) is 0.428. The molecule has 6 nitrogen and oxygen atoms in total. The van der Waals surface area contributed by atoms with Crippen molar-refractivity contribution in [3.05, 3.63) is 40.2 Å². The highest BCUT2D eigenvalue weighted by atomic mass is 35.5. The second-order valence-electron chi connectivity index (χ2n) is 8.12. The Kier molecular flexibility index (Phi) is 5.98. The molecule has 1 fully saturated rings. The van der Waals surface area contributed by atoms with Crippen molar-refractivity contribution in [1.82, 2.24) is 9.88 Å². The Morgan fingerprint density at radius 3 is 2.80 bits per heavy atom. The van der Waals surface area contributed by atoms with Crippen molar-refractivity contribution in [1.29, 1.82) is 0 Å². The largest absolute Gasteiger partial charge is 0.504 e. The van der Waals surface area contributed by atoms with Gasteiger partial charge in [-0.3, -0.25) is 4.90 Å². The number of hydrogen-bond acceptors (Lipinski definition) is 5. The smallest absolute Gasteiger partial charge is 0.337 e. The van der Waals surface area contributed by atoms with E-state index in [0.29, 0.717) is 16.5 Å². The van der Waals surface area contributed by atoms with Crippen LogP contribution in [0.2, 0.25) is 5.02 Å². The zero-order valence-corrected chi connectivity index (χ0v) is 18.7. The number of nitrogens with zero attached hydrogens (tertiary/aromatic N) is 1. The molecule has 1 aromatic heterocycles. The summed E-state index contributed by atoms with van der Waals surface area (Å²) in [6.45, 7) is 4.11. The van der Waals surface area contributed by atoms with E-state index in [2.05, 4.69) is 16.8 Å². The Balaban J connectivity index is 1.78. The Bertz CT molecular complexity index is 983. The molecule has 0 aliphatic carbocycles. The zero-order valence-electron chi connectivity index (χ0n) is 18.0. The van der Waals surface area contributed by atoms with E-state index < -0.39 is 0 Å². The number of H-pyrrole nitrogens is 1. The molecule has 0 amide bonds. The van der Waals surface area contributed by atoms with Gasteiger partial charge in [0.1, 0.15) is 5.75 Å². The van der Waals surface area contributed by atoms with E-state index >= 15 is 0 Å². The number of carbonyl (C=O) groups excluding carboxylic acids is 1. The van der Waals surface area contributed by atoms with Gasteiger partial charge < -0.3 is 19.2 Å². The first-order valence-corrected chi connectivity index (χ1v) is 10.8. The van der Waals surface area contributed by atoms with Crippen LogP contribution in [-0.4, -0.2) is 50.3 Å². The molecule has 0 spiro atoms. The lowest BCUT2D eigenvalue weighted by molar-refractivity contribution is -0.137. The average Bonchev–Trinajstić information content (AvgIpc) is 3.14. The molecule has 1 saturated heterocycles. The summed E-state index contributed by atoms with van der Waals surface area (Å²) in [6.07, 6.45) is 4.35. The topological polar surface area (TPSA) is 63.8 Å². The third-order valence-electron chi connectivity index (χ3n) is 6.71. The molecule has 0 saturated carbocycles. The van der Waals surface area contributed by atoms with Crippen LogP contribution < -0.4 is 4.74 Å². The van der Waals surface area contributed by atoms with Gasteiger partial charge in [-0.2, -0.15) is 0 Å². The molecule has 4 rings (SSSR count). The number of carbonyl (C=O) groups is 1. The highest BCUT2D eigenvalue weighted by Crippen LogP contribution is 2.47. The number of fused-ring (bicyclic) bond motifs is 5. The maximum Gasteiger partial charge on any atom is 0.337 e. The van der Waals surface area contributed by atoms with Crippen molar-refractivity contribution >= 4 is 28.5 Å². The summed E-state index contributed by atoms with van der Waals surface area (Å²) in [4.78, 5) is 18.7. The van der Waals surface area contributed by atoms with E-state index in [1.165, 1.54) is 18.4 Å². The fourth-order valence-electron chi connectivity index (χ4n) is 5.32.